The second kappa shape index (κ2) is 5.74. The lowest BCUT2D eigenvalue weighted by atomic mass is 10.4. The lowest BCUT2D eigenvalue weighted by molar-refractivity contribution is 0.0382. The van der Waals surface area contributed by atoms with E-state index in [0.29, 0.717) is 12.4 Å². The van der Waals surface area contributed by atoms with Crippen LogP contribution in [0.3, 0.4) is 0 Å². The standard InChI is InChI=1S/C10H16N4O3/c1-8-12-10(17-13-8)9(15)11-2-3-14-4-6-16-7-5-14/h2-7H2,1H3,(H,11,15). The Balaban J connectivity index is 1.69. The molecule has 1 aliphatic rings. The Bertz CT molecular complexity index is 373. The van der Waals surface area contributed by atoms with Gasteiger partial charge in [0.1, 0.15) is 0 Å². The molecule has 2 heterocycles. The zero-order chi connectivity index (χ0) is 12.1. The molecule has 94 valence electrons. The lowest BCUT2D eigenvalue weighted by Gasteiger charge is -2.26. The van der Waals surface area contributed by atoms with E-state index in [1.165, 1.54) is 0 Å². The van der Waals surface area contributed by atoms with Gasteiger partial charge in [-0.15, -0.1) is 0 Å². The molecular weight excluding hydrogens is 224 g/mol. The number of carbonyl (C=O) groups excluding carboxylic acids is 1. The van der Waals surface area contributed by atoms with Crippen LogP contribution in [0.25, 0.3) is 0 Å². The van der Waals surface area contributed by atoms with E-state index in [1.54, 1.807) is 6.92 Å². The Hall–Kier alpha value is -1.47. The molecule has 1 fully saturated rings. The molecule has 7 nitrogen and oxygen atoms in total. The van der Waals surface area contributed by atoms with Gasteiger partial charge in [0.25, 0.3) is 0 Å². The summed E-state index contributed by atoms with van der Waals surface area (Å²) in [6.07, 6.45) is 0. The Labute approximate surface area is 99.1 Å². The molecule has 0 aliphatic carbocycles. The Morgan fingerprint density at radius 2 is 2.24 bits per heavy atom. The first kappa shape index (κ1) is 12.0. The van der Waals surface area contributed by atoms with E-state index in [1.807, 2.05) is 0 Å². The topological polar surface area (TPSA) is 80.5 Å². The Morgan fingerprint density at radius 1 is 1.47 bits per heavy atom. The summed E-state index contributed by atoms with van der Waals surface area (Å²) in [6.45, 7) is 6.40. The number of morpholine rings is 1. The molecule has 0 unspecified atom stereocenters. The van der Waals surface area contributed by atoms with Crippen LogP contribution in [0.15, 0.2) is 4.52 Å². The molecule has 0 spiro atoms. The summed E-state index contributed by atoms with van der Waals surface area (Å²) < 4.78 is 10.00. The fraction of sp³-hybridized carbons (Fsp3) is 0.700. The number of hydrogen-bond acceptors (Lipinski definition) is 6. The maximum Gasteiger partial charge on any atom is 0.315 e. The highest BCUT2D eigenvalue weighted by Crippen LogP contribution is 1.97. The molecule has 1 aromatic rings. The minimum Gasteiger partial charge on any atom is -0.379 e. The zero-order valence-electron chi connectivity index (χ0n) is 9.81. The molecule has 0 saturated carbocycles. The molecule has 0 bridgehead atoms. The normalized spacial score (nSPS) is 17.0. The molecular formula is C10H16N4O3. The summed E-state index contributed by atoms with van der Waals surface area (Å²) >= 11 is 0. The van der Waals surface area contributed by atoms with Crippen LogP contribution in [-0.2, 0) is 4.74 Å². The minimum absolute atomic E-state index is 0.0180. The van der Waals surface area contributed by atoms with Crippen LogP contribution >= 0.6 is 0 Å². The summed E-state index contributed by atoms with van der Waals surface area (Å²) in [7, 11) is 0. The molecule has 1 aliphatic heterocycles. The van der Waals surface area contributed by atoms with Gasteiger partial charge in [-0.3, -0.25) is 9.69 Å². The van der Waals surface area contributed by atoms with Crippen molar-refractivity contribution >= 4 is 5.91 Å². The smallest absolute Gasteiger partial charge is 0.315 e. The van der Waals surface area contributed by atoms with Gasteiger partial charge in [0.05, 0.1) is 13.2 Å². The van der Waals surface area contributed by atoms with E-state index in [4.69, 9.17) is 9.26 Å². The minimum atomic E-state index is -0.321. The van der Waals surface area contributed by atoms with Crippen LogP contribution in [-0.4, -0.2) is 60.3 Å². The van der Waals surface area contributed by atoms with Gasteiger partial charge in [-0.25, -0.2) is 0 Å². The molecule has 2 rings (SSSR count). The van der Waals surface area contributed by atoms with Gasteiger partial charge in [0.2, 0.25) is 0 Å². The first-order valence-electron chi connectivity index (χ1n) is 5.64. The monoisotopic (exact) mass is 240 g/mol. The van der Waals surface area contributed by atoms with Crippen LogP contribution in [0.4, 0.5) is 0 Å². The van der Waals surface area contributed by atoms with Gasteiger partial charge >= 0.3 is 11.8 Å². The number of aromatic nitrogens is 2. The van der Waals surface area contributed by atoms with E-state index in [9.17, 15) is 4.79 Å². The lowest BCUT2D eigenvalue weighted by Crippen LogP contribution is -2.41. The summed E-state index contributed by atoms with van der Waals surface area (Å²) in [5.74, 6) is 0.159. The highest BCUT2D eigenvalue weighted by molar-refractivity contribution is 5.89. The fourth-order valence-corrected chi connectivity index (χ4v) is 1.62. The average Bonchev–Trinajstić information content (AvgIpc) is 2.77. The number of nitrogens with one attached hydrogen (secondary N) is 1. The Morgan fingerprint density at radius 3 is 2.88 bits per heavy atom. The average molecular weight is 240 g/mol. The van der Waals surface area contributed by atoms with Gasteiger partial charge in [0, 0.05) is 26.2 Å². The van der Waals surface area contributed by atoms with Crippen LogP contribution in [0.2, 0.25) is 0 Å². The molecule has 0 aromatic carbocycles. The van der Waals surface area contributed by atoms with Crippen molar-refractivity contribution in [2.75, 3.05) is 39.4 Å². The van der Waals surface area contributed by atoms with Crippen molar-refractivity contribution in [2.24, 2.45) is 0 Å². The first-order valence-corrected chi connectivity index (χ1v) is 5.64. The molecule has 17 heavy (non-hydrogen) atoms. The molecule has 1 amide bonds. The maximum atomic E-state index is 11.5. The second-order valence-electron chi connectivity index (χ2n) is 3.86. The van der Waals surface area contributed by atoms with Crippen LogP contribution in [0, 0.1) is 6.92 Å². The van der Waals surface area contributed by atoms with Crippen molar-refractivity contribution in [2.45, 2.75) is 6.92 Å². The van der Waals surface area contributed by atoms with Gasteiger partial charge < -0.3 is 14.6 Å². The fourth-order valence-electron chi connectivity index (χ4n) is 1.62. The Kier molecular flexibility index (Phi) is 4.05. The first-order chi connectivity index (χ1) is 8.25. The number of rotatable bonds is 4. The molecule has 1 N–H and O–H groups in total. The molecule has 1 aromatic heterocycles. The summed E-state index contributed by atoms with van der Waals surface area (Å²) in [4.78, 5) is 17.6. The van der Waals surface area contributed by atoms with E-state index in [2.05, 4.69) is 20.4 Å². The van der Waals surface area contributed by atoms with Gasteiger partial charge in [-0.1, -0.05) is 5.16 Å². The number of hydrogen-bond donors (Lipinski definition) is 1. The number of nitrogens with zero attached hydrogens (tertiary/aromatic N) is 3. The van der Waals surface area contributed by atoms with Crippen LogP contribution < -0.4 is 5.32 Å². The van der Waals surface area contributed by atoms with Gasteiger partial charge in [-0.05, 0) is 6.92 Å². The van der Waals surface area contributed by atoms with Crippen molar-refractivity contribution < 1.29 is 14.1 Å². The molecule has 0 atom stereocenters. The number of carbonyl (C=O) groups is 1. The van der Waals surface area contributed by atoms with E-state index >= 15 is 0 Å². The quantitative estimate of drug-likeness (QED) is 0.760. The van der Waals surface area contributed by atoms with Gasteiger partial charge in [0.15, 0.2) is 5.82 Å². The van der Waals surface area contributed by atoms with E-state index in [0.717, 1.165) is 32.8 Å². The van der Waals surface area contributed by atoms with Crippen LogP contribution in [0.1, 0.15) is 16.5 Å². The zero-order valence-corrected chi connectivity index (χ0v) is 9.81. The third kappa shape index (κ3) is 3.50. The van der Waals surface area contributed by atoms with Crippen molar-refractivity contribution in [3.8, 4) is 0 Å². The highest BCUT2D eigenvalue weighted by atomic mass is 16.5. The number of aryl methyl sites for hydroxylation is 1. The second-order valence-corrected chi connectivity index (χ2v) is 3.86. The highest BCUT2D eigenvalue weighted by Gasteiger charge is 2.14. The van der Waals surface area contributed by atoms with E-state index < -0.39 is 0 Å². The van der Waals surface area contributed by atoms with Crippen molar-refractivity contribution in [1.82, 2.24) is 20.4 Å². The summed E-state index contributed by atoms with van der Waals surface area (Å²) in [5.41, 5.74) is 0. The SMILES string of the molecule is Cc1noc(C(=O)NCCN2CCOCC2)n1. The number of ether oxygens (including phenoxy) is 1. The van der Waals surface area contributed by atoms with E-state index in [-0.39, 0.29) is 11.8 Å². The predicted molar refractivity (Wildman–Crippen MR) is 58.6 cm³/mol. The van der Waals surface area contributed by atoms with Crippen LogP contribution in [0.5, 0.6) is 0 Å². The van der Waals surface area contributed by atoms with Gasteiger partial charge in [-0.2, -0.15) is 4.98 Å². The summed E-state index contributed by atoms with van der Waals surface area (Å²) in [6, 6.07) is 0. The predicted octanol–water partition coefficient (Wildman–Crippen LogP) is -0.560. The maximum absolute atomic E-state index is 11.5. The largest absolute Gasteiger partial charge is 0.379 e. The summed E-state index contributed by atoms with van der Waals surface area (Å²) in [5, 5.41) is 6.30. The third-order valence-corrected chi connectivity index (χ3v) is 2.54. The van der Waals surface area contributed by atoms with Crippen molar-refractivity contribution in [3.05, 3.63) is 11.7 Å². The van der Waals surface area contributed by atoms with Crippen molar-refractivity contribution in [1.29, 1.82) is 0 Å². The molecule has 0 radical (unpaired) electrons. The number of amides is 1. The molecule has 1 saturated heterocycles. The molecule has 7 heteroatoms. The third-order valence-electron chi connectivity index (χ3n) is 2.54. The van der Waals surface area contributed by atoms with Crippen molar-refractivity contribution in [3.63, 3.8) is 0 Å².